The number of piperidine rings is 1. The third-order valence-corrected chi connectivity index (χ3v) is 4.57. The largest absolute Gasteiger partial charge is 0.389 e. The average molecular weight is 293 g/mol. The van der Waals surface area contributed by atoms with Crippen molar-refractivity contribution in [2.45, 2.75) is 38.5 Å². The summed E-state index contributed by atoms with van der Waals surface area (Å²) in [6.45, 7) is 5.59. The molecule has 116 valence electrons. The lowest BCUT2D eigenvalue weighted by atomic mass is 9.95. The highest BCUT2D eigenvalue weighted by Gasteiger charge is 2.33. The van der Waals surface area contributed by atoms with Gasteiger partial charge in [0.2, 0.25) is 0 Å². The molecule has 0 spiro atoms. The Hall–Kier alpha value is -1.24. The zero-order valence-electron chi connectivity index (χ0n) is 12.4. The van der Waals surface area contributed by atoms with E-state index in [2.05, 4.69) is 10.00 Å². The van der Waals surface area contributed by atoms with Gasteiger partial charge < -0.3 is 9.84 Å². The van der Waals surface area contributed by atoms with Gasteiger partial charge in [-0.2, -0.15) is 5.10 Å². The third-order valence-electron chi connectivity index (χ3n) is 4.57. The van der Waals surface area contributed by atoms with Gasteiger partial charge in [0.25, 0.3) is 5.56 Å². The van der Waals surface area contributed by atoms with Gasteiger partial charge in [0.1, 0.15) is 0 Å². The Morgan fingerprint density at radius 2 is 2.10 bits per heavy atom. The molecule has 0 aromatic carbocycles. The van der Waals surface area contributed by atoms with Crippen molar-refractivity contribution in [1.29, 1.82) is 0 Å². The van der Waals surface area contributed by atoms with Crippen LogP contribution < -0.4 is 5.56 Å². The van der Waals surface area contributed by atoms with Crippen molar-refractivity contribution in [1.82, 2.24) is 14.7 Å². The second-order valence-electron chi connectivity index (χ2n) is 6.15. The molecule has 2 fully saturated rings. The number of hydrogen-bond donors (Lipinski definition) is 1. The molecule has 2 saturated heterocycles. The van der Waals surface area contributed by atoms with Crippen LogP contribution in [0.2, 0.25) is 0 Å². The summed E-state index contributed by atoms with van der Waals surface area (Å²) in [6.07, 6.45) is 1.71. The number of hydrogen-bond acceptors (Lipinski definition) is 5. The van der Waals surface area contributed by atoms with E-state index in [9.17, 15) is 9.90 Å². The maximum Gasteiger partial charge on any atom is 0.266 e. The molecule has 0 radical (unpaired) electrons. The van der Waals surface area contributed by atoms with E-state index >= 15 is 0 Å². The second kappa shape index (κ2) is 6.25. The van der Waals surface area contributed by atoms with Gasteiger partial charge in [-0.05, 0) is 44.8 Å². The minimum atomic E-state index is -0.359. The van der Waals surface area contributed by atoms with E-state index in [1.807, 2.05) is 6.92 Å². The van der Waals surface area contributed by atoms with E-state index in [0.29, 0.717) is 25.7 Å². The van der Waals surface area contributed by atoms with Crippen molar-refractivity contribution in [2.24, 2.45) is 5.92 Å². The second-order valence-corrected chi connectivity index (χ2v) is 6.15. The number of likely N-dealkylation sites (tertiary alicyclic amines) is 1. The maximum absolute atomic E-state index is 11.8. The molecule has 2 aliphatic heterocycles. The highest BCUT2D eigenvalue weighted by Crippen LogP contribution is 2.23. The zero-order chi connectivity index (χ0) is 14.8. The quantitative estimate of drug-likeness (QED) is 0.851. The number of aliphatic hydroxyl groups excluding tert-OH is 1. The summed E-state index contributed by atoms with van der Waals surface area (Å²) >= 11 is 0. The topological polar surface area (TPSA) is 67.6 Å². The lowest BCUT2D eigenvalue weighted by molar-refractivity contribution is 0.0557. The van der Waals surface area contributed by atoms with Gasteiger partial charge in [-0.3, -0.25) is 9.69 Å². The van der Waals surface area contributed by atoms with Crippen LogP contribution in [0.25, 0.3) is 0 Å². The van der Waals surface area contributed by atoms with Crippen LogP contribution in [0.5, 0.6) is 0 Å². The van der Waals surface area contributed by atoms with Crippen LogP contribution in [-0.4, -0.2) is 58.2 Å². The fourth-order valence-corrected chi connectivity index (χ4v) is 3.27. The molecule has 0 aliphatic carbocycles. The number of aryl methyl sites for hydroxylation is 1. The Bertz CT molecular complexity index is 537. The van der Waals surface area contributed by atoms with E-state index in [-0.39, 0.29) is 17.7 Å². The molecule has 3 heterocycles. The molecular formula is C15H23N3O3. The van der Waals surface area contributed by atoms with Crippen LogP contribution in [0.3, 0.4) is 0 Å². The first-order valence-electron chi connectivity index (χ1n) is 7.68. The Balaban J connectivity index is 1.56. The summed E-state index contributed by atoms with van der Waals surface area (Å²) in [7, 11) is 0. The molecule has 1 aromatic rings. The van der Waals surface area contributed by atoms with Gasteiger partial charge in [-0.1, -0.05) is 0 Å². The molecule has 0 bridgehead atoms. The summed E-state index contributed by atoms with van der Waals surface area (Å²) < 4.78 is 6.91. The lowest BCUT2D eigenvalue weighted by Gasteiger charge is -2.36. The van der Waals surface area contributed by atoms with Gasteiger partial charge in [0, 0.05) is 12.6 Å². The van der Waals surface area contributed by atoms with Crippen molar-refractivity contribution >= 4 is 0 Å². The van der Waals surface area contributed by atoms with Crippen molar-refractivity contribution < 1.29 is 9.84 Å². The van der Waals surface area contributed by atoms with Crippen molar-refractivity contribution in [3.8, 4) is 0 Å². The van der Waals surface area contributed by atoms with E-state index in [0.717, 1.165) is 31.6 Å². The predicted octanol–water partition coefficient (Wildman–Crippen LogP) is 0.0234. The normalized spacial score (nSPS) is 28.1. The van der Waals surface area contributed by atoms with E-state index < -0.39 is 0 Å². The molecular weight excluding hydrogens is 270 g/mol. The third kappa shape index (κ3) is 3.33. The predicted molar refractivity (Wildman–Crippen MR) is 78.1 cm³/mol. The Morgan fingerprint density at radius 3 is 2.76 bits per heavy atom. The molecule has 6 heteroatoms. The average Bonchev–Trinajstić information content (AvgIpc) is 2.90. The first kappa shape index (κ1) is 14.7. The van der Waals surface area contributed by atoms with Gasteiger partial charge in [-0.15, -0.1) is 0 Å². The highest BCUT2D eigenvalue weighted by atomic mass is 16.5. The van der Waals surface area contributed by atoms with E-state index in [1.54, 1.807) is 16.8 Å². The van der Waals surface area contributed by atoms with Gasteiger partial charge in [0.05, 0.1) is 31.1 Å². The van der Waals surface area contributed by atoms with Crippen molar-refractivity contribution in [3.05, 3.63) is 28.2 Å². The molecule has 1 aromatic heterocycles. The zero-order valence-corrected chi connectivity index (χ0v) is 12.4. The molecule has 2 aliphatic rings. The molecule has 2 atom stereocenters. The fourth-order valence-electron chi connectivity index (χ4n) is 3.27. The van der Waals surface area contributed by atoms with Crippen LogP contribution in [0.15, 0.2) is 16.9 Å². The number of aliphatic hydroxyl groups is 1. The number of nitrogens with zero attached hydrogens (tertiary/aromatic N) is 3. The summed E-state index contributed by atoms with van der Waals surface area (Å²) in [5, 5.41) is 14.2. The Kier molecular flexibility index (Phi) is 4.37. The highest BCUT2D eigenvalue weighted by molar-refractivity contribution is 4.97. The first-order valence-corrected chi connectivity index (χ1v) is 7.68. The molecule has 3 rings (SSSR count). The fraction of sp³-hybridized carbons (Fsp3) is 0.733. The molecule has 2 unspecified atom stereocenters. The minimum Gasteiger partial charge on any atom is -0.389 e. The van der Waals surface area contributed by atoms with Crippen LogP contribution in [0, 0.1) is 12.8 Å². The number of rotatable bonds is 3. The molecule has 0 saturated carbocycles. The van der Waals surface area contributed by atoms with E-state index in [4.69, 9.17) is 4.74 Å². The summed E-state index contributed by atoms with van der Waals surface area (Å²) in [4.78, 5) is 14.1. The molecule has 1 N–H and O–H groups in total. The minimum absolute atomic E-state index is 0.0253. The molecule has 0 amide bonds. The lowest BCUT2D eigenvalue weighted by Crippen LogP contribution is -2.47. The summed E-state index contributed by atoms with van der Waals surface area (Å²) in [5.74, 6) is 0.479. The van der Waals surface area contributed by atoms with Crippen molar-refractivity contribution in [2.75, 3.05) is 26.3 Å². The number of ether oxygens (including phenoxy) is 1. The summed E-state index contributed by atoms with van der Waals surface area (Å²) in [5.41, 5.74) is 0.848. The SMILES string of the molecule is Cc1ccc(=O)n(CC2CCN(C3COCC3O)CC2)n1. The van der Waals surface area contributed by atoms with Gasteiger partial charge >= 0.3 is 0 Å². The number of aromatic nitrogens is 2. The standard InChI is InChI=1S/C15H23N3O3/c1-11-2-3-15(20)18(16-11)8-12-4-6-17(7-5-12)13-9-21-10-14(13)19/h2-3,12-14,19H,4-10H2,1H3. The maximum atomic E-state index is 11.8. The molecule has 21 heavy (non-hydrogen) atoms. The van der Waals surface area contributed by atoms with Gasteiger partial charge in [0.15, 0.2) is 0 Å². The smallest absolute Gasteiger partial charge is 0.266 e. The molecule has 6 nitrogen and oxygen atoms in total. The van der Waals surface area contributed by atoms with Crippen LogP contribution >= 0.6 is 0 Å². The first-order chi connectivity index (χ1) is 10.1. The monoisotopic (exact) mass is 293 g/mol. The van der Waals surface area contributed by atoms with Crippen LogP contribution in [0.1, 0.15) is 18.5 Å². The van der Waals surface area contributed by atoms with Crippen LogP contribution in [-0.2, 0) is 11.3 Å². The van der Waals surface area contributed by atoms with Crippen LogP contribution in [0.4, 0.5) is 0 Å². The Morgan fingerprint density at radius 1 is 1.33 bits per heavy atom. The van der Waals surface area contributed by atoms with Crippen molar-refractivity contribution in [3.63, 3.8) is 0 Å². The van der Waals surface area contributed by atoms with Gasteiger partial charge in [-0.25, -0.2) is 4.68 Å². The Labute approximate surface area is 124 Å². The van der Waals surface area contributed by atoms with E-state index in [1.165, 1.54) is 0 Å². The summed E-state index contributed by atoms with van der Waals surface area (Å²) in [6, 6.07) is 3.48.